The summed E-state index contributed by atoms with van der Waals surface area (Å²) < 4.78 is 0. The SMILES string of the molecule is CC1=CC2(C)CCCCC12O. The van der Waals surface area contributed by atoms with E-state index in [4.69, 9.17) is 0 Å². The van der Waals surface area contributed by atoms with Crippen LogP contribution in [0.1, 0.15) is 39.5 Å². The van der Waals surface area contributed by atoms with E-state index >= 15 is 0 Å². The van der Waals surface area contributed by atoms with Crippen LogP contribution in [0.2, 0.25) is 0 Å². The second-order valence-corrected chi connectivity index (χ2v) is 4.31. The van der Waals surface area contributed by atoms with Crippen molar-refractivity contribution in [2.45, 2.75) is 45.1 Å². The van der Waals surface area contributed by atoms with Gasteiger partial charge in [-0.05, 0) is 25.3 Å². The van der Waals surface area contributed by atoms with Gasteiger partial charge in [0.2, 0.25) is 0 Å². The zero-order valence-corrected chi connectivity index (χ0v) is 7.35. The van der Waals surface area contributed by atoms with Gasteiger partial charge in [-0.1, -0.05) is 25.8 Å². The van der Waals surface area contributed by atoms with Crippen molar-refractivity contribution in [1.29, 1.82) is 0 Å². The van der Waals surface area contributed by atoms with Gasteiger partial charge in [0.15, 0.2) is 0 Å². The van der Waals surface area contributed by atoms with Gasteiger partial charge < -0.3 is 5.11 Å². The minimum atomic E-state index is -0.425. The Morgan fingerprint density at radius 1 is 1.36 bits per heavy atom. The first kappa shape index (κ1) is 7.35. The third kappa shape index (κ3) is 0.698. The summed E-state index contributed by atoms with van der Waals surface area (Å²) >= 11 is 0. The molecular formula is C10H16O. The lowest BCUT2D eigenvalue weighted by atomic mass is 9.53. The van der Waals surface area contributed by atoms with Crippen LogP contribution < -0.4 is 0 Å². The van der Waals surface area contributed by atoms with Crippen molar-refractivity contribution < 1.29 is 5.11 Å². The second kappa shape index (κ2) is 1.89. The van der Waals surface area contributed by atoms with Crippen molar-refractivity contribution in [3.8, 4) is 0 Å². The van der Waals surface area contributed by atoms with E-state index < -0.39 is 5.60 Å². The highest BCUT2D eigenvalue weighted by Crippen LogP contribution is 2.56. The number of hydrogen-bond acceptors (Lipinski definition) is 1. The van der Waals surface area contributed by atoms with Crippen LogP contribution in [0.4, 0.5) is 0 Å². The van der Waals surface area contributed by atoms with Crippen molar-refractivity contribution in [3.63, 3.8) is 0 Å². The topological polar surface area (TPSA) is 20.2 Å². The van der Waals surface area contributed by atoms with Crippen molar-refractivity contribution in [2.24, 2.45) is 5.41 Å². The molecule has 11 heavy (non-hydrogen) atoms. The molecule has 0 radical (unpaired) electrons. The van der Waals surface area contributed by atoms with E-state index in [1.165, 1.54) is 24.8 Å². The molecule has 0 aliphatic heterocycles. The molecular weight excluding hydrogens is 136 g/mol. The van der Waals surface area contributed by atoms with E-state index in [1.807, 2.05) is 6.92 Å². The molecule has 0 bridgehead atoms. The second-order valence-electron chi connectivity index (χ2n) is 4.31. The van der Waals surface area contributed by atoms with Crippen molar-refractivity contribution in [3.05, 3.63) is 11.6 Å². The zero-order valence-electron chi connectivity index (χ0n) is 7.35. The first-order valence-electron chi connectivity index (χ1n) is 4.51. The van der Waals surface area contributed by atoms with Crippen molar-refractivity contribution >= 4 is 0 Å². The summed E-state index contributed by atoms with van der Waals surface area (Å²) in [5.74, 6) is 0. The fourth-order valence-corrected chi connectivity index (χ4v) is 2.72. The Bertz CT molecular complexity index is 219. The number of aliphatic hydroxyl groups is 1. The molecule has 2 unspecified atom stereocenters. The third-order valence-corrected chi connectivity index (χ3v) is 3.62. The van der Waals surface area contributed by atoms with E-state index in [2.05, 4.69) is 13.0 Å². The molecule has 0 spiro atoms. The Hall–Kier alpha value is -0.300. The number of hydrogen-bond donors (Lipinski definition) is 1. The van der Waals surface area contributed by atoms with Crippen LogP contribution in [0.3, 0.4) is 0 Å². The van der Waals surface area contributed by atoms with Crippen LogP contribution in [-0.2, 0) is 0 Å². The molecule has 0 aromatic carbocycles. The van der Waals surface area contributed by atoms with E-state index in [9.17, 15) is 5.11 Å². The zero-order chi connectivity index (χ0) is 8.11. The lowest BCUT2D eigenvalue weighted by Crippen LogP contribution is -2.55. The molecule has 0 aromatic heterocycles. The summed E-state index contributed by atoms with van der Waals surface area (Å²) in [5.41, 5.74) is 0.889. The van der Waals surface area contributed by atoms with Gasteiger partial charge >= 0.3 is 0 Å². The lowest BCUT2D eigenvalue weighted by molar-refractivity contribution is -0.0759. The van der Waals surface area contributed by atoms with Gasteiger partial charge in [0.1, 0.15) is 0 Å². The third-order valence-electron chi connectivity index (χ3n) is 3.62. The lowest BCUT2D eigenvalue weighted by Gasteiger charge is -2.55. The Morgan fingerprint density at radius 2 is 2.00 bits per heavy atom. The van der Waals surface area contributed by atoms with Gasteiger partial charge in [-0.15, -0.1) is 0 Å². The standard InChI is InChI=1S/C10H16O/c1-8-7-9(2)5-3-4-6-10(8,9)11/h7,11H,3-6H2,1-2H3. The summed E-state index contributed by atoms with van der Waals surface area (Å²) in [6.45, 7) is 4.23. The minimum Gasteiger partial charge on any atom is -0.385 e. The van der Waals surface area contributed by atoms with Gasteiger partial charge in [0.05, 0.1) is 5.60 Å². The molecule has 0 aromatic rings. The molecule has 1 fully saturated rings. The Kier molecular flexibility index (Phi) is 1.26. The molecule has 0 heterocycles. The summed E-state index contributed by atoms with van der Waals surface area (Å²) in [6.07, 6.45) is 6.86. The fraction of sp³-hybridized carbons (Fsp3) is 0.800. The maximum atomic E-state index is 10.2. The molecule has 1 heteroatoms. The Labute approximate surface area is 68.1 Å². The highest BCUT2D eigenvalue weighted by molar-refractivity contribution is 5.36. The van der Waals surface area contributed by atoms with Crippen LogP contribution in [0.5, 0.6) is 0 Å². The summed E-state index contributed by atoms with van der Waals surface area (Å²) in [5, 5.41) is 10.2. The first-order valence-corrected chi connectivity index (χ1v) is 4.51. The van der Waals surface area contributed by atoms with Gasteiger partial charge in [-0.2, -0.15) is 0 Å². The van der Waals surface area contributed by atoms with Crippen LogP contribution in [0, 0.1) is 5.41 Å². The van der Waals surface area contributed by atoms with Gasteiger partial charge in [-0.3, -0.25) is 0 Å². The van der Waals surface area contributed by atoms with E-state index in [-0.39, 0.29) is 5.41 Å². The predicted molar refractivity (Wildman–Crippen MR) is 45.3 cm³/mol. The maximum absolute atomic E-state index is 10.2. The van der Waals surface area contributed by atoms with Gasteiger partial charge in [0, 0.05) is 5.41 Å². The average Bonchev–Trinajstić information content (AvgIpc) is 1.96. The highest BCUT2D eigenvalue weighted by atomic mass is 16.3. The maximum Gasteiger partial charge on any atom is 0.0941 e. The predicted octanol–water partition coefficient (Wildman–Crippen LogP) is 2.26. The molecule has 2 aliphatic rings. The fourth-order valence-electron chi connectivity index (χ4n) is 2.72. The summed E-state index contributed by atoms with van der Waals surface area (Å²) in [6, 6.07) is 0. The van der Waals surface area contributed by atoms with Crippen molar-refractivity contribution in [2.75, 3.05) is 0 Å². The molecule has 1 saturated carbocycles. The summed E-state index contributed by atoms with van der Waals surface area (Å²) in [4.78, 5) is 0. The van der Waals surface area contributed by atoms with Gasteiger partial charge in [0.25, 0.3) is 0 Å². The number of fused-ring (bicyclic) bond motifs is 1. The van der Waals surface area contributed by atoms with Gasteiger partial charge in [-0.25, -0.2) is 0 Å². The average molecular weight is 152 g/mol. The molecule has 0 amide bonds. The summed E-state index contributed by atoms with van der Waals surface area (Å²) in [7, 11) is 0. The van der Waals surface area contributed by atoms with E-state index in [1.54, 1.807) is 0 Å². The molecule has 1 N–H and O–H groups in total. The monoisotopic (exact) mass is 152 g/mol. The quantitative estimate of drug-likeness (QED) is 0.528. The van der Waals surface area contributed by atoms with Crippen molar-refractivity contribution in [1.82, 2.24) is 0 Å². The normalized spacial score (nSPS) is 49.2. The molecule has 1 nitrogen and oxygen atoms in total. The Balaban J connectivity index is 2.34. The number of rotatable bonds is 0. The van der Waals surface area contributed by atoms with Crippen LogP contribution in [-0.4, -0.2) is 10.7 Å². The van der Waals surface area contributed by atoms with Crippen LogP contribution in [0.15, 0.2) is 11.6 Å². The smallest absolute Gasteiger partial charge is 0.0941 e. The molecule has 2 aliphatic carbocycles. The molecule has 62 valence electrons. The van der Waals surface area contributed by atoms with Crippen LogP contribution in [0.25, 0.3) is 0 Å². The highest BCUT2D eigenvalue weighted by Gasteiger charge is 2.54. The Morgan fingerprint density at radius 3 is 2.45 bits per heavy atom. The molecule has 0 saturated heterocycles. The minimum absolute atomic E-state index is 0.120. The largest absolute Gasteiger partial charge is 0.385 e. The van der Waals surface area contributed by atoms with E-state index in [0.717, 1.165) is 6.42 Å². The van der Waals surface area contributed by atoms with E-state index in [0.29, 0.717) is 0 Å². The first-order chi connectivity index (χ1) is 5.08. The molecule has 2 atom stereocenters. The van der Waals surface area contributed by atoms with Crippen LogP contribution >= 0.6 is 0 Å². The molecule has 2 rings (SSSR count).